The van der Waals surface area contributed by atoms with Gasteiger partial charge in [0, 0.05) is 5.39 Å². The summed E-state index contributed by atoms with van der Waals surface area (Å²) in [5.41, 5.74) is 2.30. The van der Waals surface area contributed by atoms with Crippen LogP contribution in [0, 0.1) is 11.2 Å². The Balaban J connectivity index is 1.89. The van der Waals surface area contributed by atoms with Crippen LogP contribution in [0.5, 0.6) is 0 Å². The molecule has 0 aliphatic heterocycles. The first-order chi connectivity index (χ1) is 12.9. The van der Waals surface area contributed by atoms with Crippen molar-refractivity contribution in [3.05, 3.63) is 83.8 Å². The summed E-state index contributed by atoms with van der Waals surface area (Å²) in [5, 5.41) is 3.60. The van der Waals surface area contributed by atoms with Gasteiger partial charge in [-0.15, -0.1) is 0 Å². The standard InChI is InChI=1S/C23H23FN2O/c1-16(2)13-23(3,14-17-8-5-4-6-9-17)22(27)26-19-12-18-10-7-11-20(24)21(18)25-15-19/h4-13,15H,14H2,1-3H3,(H,26,27). The molecular formula is C23H23FN2O. The molecule has 4 heteroatoms. The topological polar surface area (TPSA) is 42.0 Å². The van der Waals surface area contributed by atoms with Crippen molar-refractivity contribution >= 4 is 22.5 Å². The molecule has 3 rings (SSSR count). The van der Waals surface area contributed by atoms with E-state index in [-0.39, 0.29) is 11.7 Å². The highest BCUT2D eigenvalue weighted by Crippen LogP contribution is 2.29. The first kappa shape index (κ1) is 18.8. The van der Waals surface area contributed by atoms with Crippen molar-refractivity contribution < 1.29 is 9.18 Å². The Kier molecular flexibility index (Phi) is 5.36. The number of halogens is 1. The van der Waals surface area contributed by atoms with Gasteiger partial charge in [0.1, 0.15) is 11.3 Å². The average Bonchev–Trinajstić information content (AvgIpc) is 2.62. The number of nitrogens with one attached hydrogen (secondary N) is 1. The van der Waals surface area contributed by atoms with Gasteiger partial charge < -0.3 is 5.32 Å². The third kappa shape index (κ3) is 4.40. The number of hydrogen-bond donors (Lipinski definition) is 1. The van der Waals surface area contributed by atoms with Gasteiger partial charge in [0.2, 0.25) is 5.91 Å². The molecule has 1 amide bonds. The predicted octanol–water partition coefficient (Wildman–Crippen LogP) is 5.53. The average molecular weight is 362 g/mol. The van der Waals surface area contributed by atoms with Crippen molar-refractivity contribution in [3.63, 3.8) is 0 Å². The summed E-state index contributed by atoms with van der Waals surface area (Å²) in [6, 6.07) is 16.5. The number of amides is 1. The van der Waals surface area contributed by atoms with Crippen molar-refractivity contribution in [2.45, 2.75) is 27.2 Å². The van der Waals surface area contributed by atoms with E-state index in [9.17, 15) is 9.18 Å². The smallest absolute Gasteiger partial charge is 0.234 e. The second-order valence-electron chi connectivity index (χ2n) is 7.29. The molecule has 27 heavy (non-hydrogen) atoms. The van der Waals surface area contributed by atoms with E-state index in [4.69, 9.17) is 0 Å². The quantitative estimate of drug-likeness (QED) is 0.607. The van der Waals surface area contributed by atoms with Crippen LogP contribution in [0.15, 0.2) is 72.4 Å². The van der Waals surface area contributed by atoms with Crippen LogP contribution < -0.4 is 5.32 Å². The third-order valence-electron chi connectivity index (χ3n) is 4.46. The molecule has 0 aliphatic carbocycles. The Morgan fingerprint density at radius 2 is 1.89 bits per heavy atom. The lowest BCUT2D eigenvalue weighted by Crippen LogP contribution is -2.34. The highest BCUT2D eigenvalue weighted by atomic mass is 19.1. The Morgan fingerprint density at radius 1 is 1.15 bits per heavy atom. The van der Waals surface area contributed by atoms with Crippen LogP contribution in [-0.4, -0.2) is 10.9 Å². The molecule has 0 saturated carbocycles. The van der Waals surface area contributed by atoms with Crippen molar-refractivity contribution in [3.8, 4) is 0 Å². The molecule has 1 unspecified atom stereocenters. The van der Waals surface area contributed by atoms with Gasteiger partial charge in [0.05, 0.1) is 17.3 Å². The van der Waals surface area contributed by atoms with E-state index in [0.29, 0.717) is 23.0 Å². The second-order valence-corrected chi connectivity index (χ2v) is 7.29. The first-order valence-electron chi connectivity index (χ1n) is 8.93. The fraction of sp³-hybridized carbons (Fsp3) is 0.217. The van der Waals surface area contributed by atoms with Gasteiger partial charge in [0.15, 0.2) is 0 Å². The fourth-order valence-corrected chi connectivity index (χ4v) is 3.32. The Labute approximate surface area is 158 Å². The maximum atomic E-state index is 13.8. The van der Waals surface area contributed by atoms with Gasteiger partial charge in [-0.25, -0.2) is 4.39 Å². The normalized spacial score (nSPS) is 13.0. The number of benzene rings is 2. The van der Waals surface area contributed by atoms with E-state index < -0.39 is 5.41 Å². The number of rotatable bonds is 5. The highest BCUT2D eigenvalue weighted by Gasteiger charge is 2.31. The molecule has 0 bridgehead atoms. The number of anilines is 1. The predicted molar refractivity (Wildman–Crippen MR) is 108 cm³/mol. The summed E-state index contributed by atoms with van der Waals surface area (Å²) in [6.45, 7) is 5.89. The number of fused-ring (bicyclic) bond motifs is 1. The zero-order valence-electron chi connectivity index (χ0n) is 15.8. The van der Waals surface area contributed by atoms with Crippen LogP contribution >= 0.6 is 0 Å². The Hall–Kier alpha value is -3.01. The van der Waals surface area contributed by atoms with Crippen LogP contribution in [0.25, 0.3) is 10.9 Å². The maximum Gasteiger partial charge on any atom is 0.234 e. The molecule has 3 nitrogen and oxygen atoms in total. The minimum Gasteiger partial charge on any atom is -0.324 e. The second kappa shape index (κ2) is 7.70. The zero-order chi connectivity index (χ0) is 19.4. The molecule has 3 aromatic rings. The van der Waals surface area contributed by atoms with E-state index in [0.717, 1.165) is 11.1 Å². The molecule has 0 radical (unpaired) electrons. The van der Waals surface area contributed by atoms with E-state index >= 15 is 0 Å². The SMILES string of the molecule is CC(C)=CC(C)(Cc1ccccc1)C(=O)Nc1cnc2c(F)cccc2c1. The van der Waals surface area contributed by atoms with Crippen LogP contribution in [-0.2, 0) is 11.2 Å². The van der Waals surface area contributed by atoms with Gasteiger partial charge in [-0.1, -0.05) is 54.1 Å². The Morgan fingerprint density at radius 3 is 2.59 bits per heavy atom. The number of allylic oxidation sites excluding steroid dienone is 1. The maximum absolute atomic E-state index is 13.8. The minimum absolute atomic E-state index is 0.120. The van der Waals surface area contributed by atoms with Gasteiger partial charge in [-0.2, -0.15) is 0 Å². The van der Waals surface area contributed by atoms with E-state index in [1.807, 2.05) is 57.2 Å². The molecule has 1 aromatic heterocycles. The van der Waals surface area contributed by atoms with Crippen molar-refractivity contribution in [1.29, 1.82) is 0 Å². The number of nitrogens with zero attached hydrogens (tertiary/aromatic N) is 1. The van der Waals surface area contributed by atoms with Gasteiger partial charge in [-0.3, -0.25) is 9.78 Å². The minimum atomic E-state index is -0.711. The lowest BCUT2D eigenvalue weighted by atomic mass is 9.81. The van der Waals surface area contributed by atoms with E-state index in [1.165, 1.54) is 12.3 Å². The molecule has 0 saturated heterocycles. The van der Waals surface area contributed by atoms with Gasteiger partial charge in [0.25, 0.3) is 0 Å². The molecule has 2 aromatic carbocycles. The van der Waals surface area contributed by atoms with Crippen molar-refractivity contribution in [2.24, 2.45) is 5.41 Å². The highest BCUT2D eigenvalue weighted by molar-refractivity contribution is 5.98. The van der Waals surface area contributed by atoms with Crippen molar-refractivity contribution in [1.82, 2.24) is 4.98 Å². The number of carbonyl (C=O) groups is 1. The van der Waals surface area contributed by atoms with E-state index in [1.54, 1.807) is 18.2 Å². The summed E-state index contributed by atoms with van der Waals surface area (Å²) in [5.74, 6) is -0.492. The lowest BCUT2D eigenvalue weighted by Gasteiger charge is -2.26. The lowest BCUT2D eigenvalue weighted by molar-refractivity contribution is -0.122. The molecule has 0 fully saturated rings. The summed E-state index contributed by atoms with van der Waals surface area (Å²) in [6.07, 6.45) is 4.07. The molecule has 138 valence electrons. The number of carbonyl (C=O) groups excluding carboxylic acids is 1. The molecule has 1 atom stereocenters. The monoisotopic (exact) mass is 362 g/mol. The van der Waals surface area contributed by atoms with Crippen LogP contribution in [0.3, 0.4) is 0 Å². The summed E-state index contributed by atoms with van der Waals surface area (Å²) < 4.78 is 13.8. The van der Waals surface area contributed by atoms with Crippen LogP contribution in [0.4, 0.5) is 10.1 Å². The summed E-state index contributed by atoms with van der Waals surface area (Å²) >= 11 is 0. The molecular weight excluding hydrogens is 339 g/mol. The molecule has 0 spiro atoms. The first-order valence-corrected chi connectivity index (χ1v) is 8.93. The molecule has 1 N–H and O–H groups in total. The van der Waals surface area contributed by atoms with Crippen LogP contribution in [0.1, 0.15) is 26.3 Å². The number of aromatic nitrogens is 1. The number of pyridine rings is 1. The number of hydrogen-bond acceptors (Lipinski definition) is 2. The zero-order valence-corrected chi connectivity index (χ0v) is 15.8. The van der Waals surface area contributed by atoms with Gasteiger partial charge >= 0.3 is 0 Å². The summed E-state index contributed by atoms with van der Waals surface area (Å²) in [7, 11) is 0. The Bertz CT molecular complexity index is 994. The molecule has 0 aliphatic rings. The summed E-state index contributed by atoms with van der Waals surface area (Å²) in [4.78, 5) is 17.3. The van der Waals surface area contributed by atoms with E-state index in [2.05, 4.69) is 10.3 Å². The van der Waals surface area contributed by atoms with Crippen LogP contribution in [0.2, 0.25) is 0 Å². The largest absolute Gasteiger partial charge is 0.324 e. The number of para-hydroxylation sites is 1. The third-order valence-corrected chi connectivity index (χ3v) is 4.46. The van der Waals surface area contributed by atoms with Gasteiger partial charge in [-0.05, 0) is 44.9 Å². The molecule has 1 heterocycles. The fourth-order valence-electron chi connectivity index (χ4n) is 3.32. The van der Waals surface area contributed by atoms with Crippen molar-refractivity contribution in [2.75, 3.05) is 5.32 Å².